The summed E-state index contributed by atoms with van der Waals surface area (Å²) in [5.74, 6) is 0.504. The number of carbonyl (C=O) groups is 1. The highest BCUT2D eigenvalue weighted by molar-refractivity contribution is 6.06. The van der Waals surface area contributed by atoms with Crippen molar-refractivity contribution >= 4 is 28.9 Å². The van der Waals surface area contributed by atoms with Crippen molar-refractivity contribution in [3.63, 3.8) is 0 Å². The lowest BCUT2D eigenvalue weighted by molar-refractivity contribution is -0.124. The summed E-state index contributed by atoms with van der Waals surface area (Å²) in [6, 6.07) is 5.91. The van der Waals surface area contributed by atoms with E-state index in [-0.39, 0.29) is 5.91 Å². The summed E-state index contributed by atoms with van der Waals surface area (Å²) in [6.45, 7) is 1.21. The minimum absolute atomic E-state index is 0.0565. The summed E-state index contributed by atoms with van der Waals surface area (Å²) < 4.78 is 8.88. The number of ether oxygens (including phenoxy) is 1. The highest BCUT2D eigenvalue weighted by atomic mass is 16.5. The van der Waals surface area contributed by atoms with Gasteiger partial charge in [0.05, 0.1) is 11.6 Å². The number of fused-ring (bicyclic) bond motifs is 3. The molecule has 1 amide bonds. The Hall–Kier alpha value is -3.79. The molecular weight excluding hydrogens is 396 g/mol. The number of carbonyl (C=O) groups excluding carboxylic acids is 1. The van der Waals surface area contributed by atoms with E-state index in [4.69, 9.17) is 4.74 Å². The summed E-state index contributed by atoms with van der Waals surface area (Å²) in [7, 11) is 1.86. The van der Waals surface area contributed by atoms with Gasteiger partial charge in [0, 0.05) is 55.8 Å². The van der Waals surface area contributed by atoms with Gasteiger partial charge in [-0.05, 0) is 30.5 Å². The monoisotopic (exact) mass is 416 g/mol. The topological polar surface area (TPSA) is 111 Å². The SMILES string of the molecule is Cn1cc(-c2nccn3nc(Nc4ccc5c(c4)NC(=O)C54CCOCC4)nc23)cn1. The van der Waals surface area contributed by atoms with Gasteiger partial charge < -0.3 is 15.4 Å². The molecule has 0 radical (unpaired) electrons. The third kappa shape index (κ3) is 2.79. The van der Waals surface area contributed by atoms with Gasteiger partial charge in [-0.3, -0.25) is 14.5 Å². The largest absolute Gasteiger partial charge is 0.381 e. The van der Waals surface area contributed by atoms with E-state index in [0.29, 0.717) is 43.3 Å². The van der Waals surface area contributed by atoms with Crippen molar-refractivity contribution in [2.75, 3.05) is 23.8 Å². The van der Waals surface area contributed by atoms with Crippen LogP contribution in [0, 0.1) is 0 Å². The number of amides is 1. The van der Waals surface area contributed by atoms with Crippen LogP contribution in [-0.4, -0.2) is 48.5 Å². The molecule has 1 fully saturated rings. The number of aryl methyl sites for hydroxylation is 1. The van der Waals surface area contributed by atoms with Crippen LogP contribution in [0.2, 0.25) is 0 Å². The highest BCUT2D eigenvalue weighted by Gasteiger charge is 2.47. The molecule has 3 aromatic heterocycles. The fraction of sp³-hybridized carbons (Fsp3) is 0.286. The molecular formula is C21H20N8O2. The summed E-state index contributed by atoms with van der Waals surface area (Å²) in [5.41, 5.74) is 4.41. The van der Waals surface area contributed by atoms with E-state index < -0.39 is 5.41 Å². The van der Waals surface area contributed by atoms with Gasteiger partial charge in [0.15, 0.2) is 5.65 Å². The molecule has 1 spiro atoms. The second-order valence-corrected chi connectivity index (χ2v) is 7.92. The van der Waals surface area contributed by atoms with Crippen LogP contribution in [0.15, 0.2) is 43.0 Å². The van der Waals surface area contributed by atoms with Gasteiger partial charge in [-0.2, -0.15) is 10.1 Å². The Kier molecular flexibility index (Phi) is 3.84. The Morgan fingerprint density at radius 2 is 2.13 bits per heavy atom. The molecule has 0 aliphatic carbocycles. The van der Waals surface area contributed by atoms with Crippen LogP contribution in [0.4, 0.5) is 17.3 Å². The Bertz CT molecular complexity index is 1320. The predicted molar refractivity (Wildman–Crippen MR) is 113 cm³/mol. The molecule has 5 heterocycles. The molecule has 2 N–H and O–H groups in total. The summed E-state index contributed by atoms with van der Waals surface area (Å²) in [4.78, 5) is 21.8. The average Bonchev–Trinajstić information content (AvgIpc) is 3.45. The predicted octanol–water partition coefficient (Wildman–Crippen LogP) is 2.27. The Labute approximate surface area is 177 Å². The van der Waals surface area contributed by atoms with Crippen LogP contribution in [-0.2, 0) is 22.0 Å². The van der Waals surface area contributed by atoms with Gasteiger partial charge in [0.1, 0.15) is 5.69 Å². The maximum atomic E-state index is 12.7. The number of nitrogens with one attached hydrogen (secondary N) is 2. The van der Waals surface area contributed by atoms with Crippen molar-refractivity contribution in [3.8, 4) is 11.3 Å². The standard InChI is InChI=1S/C21H20N8O2/c1-28-12-13(11-23-28)17-18-26-20(27-29(18)7-6-22-17)24-14-2-3-15-16(10-14)25-19(30)21(15)4-8-31-9-5-21/h2-3,6-7,10-12H,4-5,8-9H2,1H3,(H,24,27)(H,25,30). The zero-order chi connectivity index (χ0) is 21.0. The average molecular weight is 416 g/mol. The van der Waals surface area contributed by atoms with E-state index in [9.17, 15) is 4.79 Å². The van der Waals surface area contributed by atoms with Gasteiger partial charge in [-0.25, -0.2) is 4.52 Å². The lowest BCUT2D eigenvalue weighted by atomic mass is 9.75. The molecule has 6 rings (SSSR count). The summed E-state index contributed by atoms with van der Waals surface area (Å²) >= 11 is 0. The first-order valence-electron chi connectivity index (χ1n) is 10.1. The van der Waals surface area contributed by atoms with Crippen molar-refractivity contribution in [2.45, 2.75) is 18.3 Å². The number of anilines is 3. The molecule has 0 saturated carbocycles. The van der Waals surface area contributed by atoms with Gasteiger partial charge in [-0.1, -0.05) is 6.07 Å². The van der Waals surface area contributed by atoms with Crippen LogP contribution in [0.3, 0.4) is 0 Å². The summed E-state index contributed by atoms with van der Waals surface area (Å²) in [5, 5.41) is 15.0. The van der Waals surface area contributed by atoms with Gasteiger partial charge >= 0.3 is 0 Å². The third-order valence-electron chi connectivity index (χ3n) is 6.05. The van der Waals surface area contributed by atoms with Gasteiger partial charge in [0.25, 0.3) is 0 Å². The minimum atomic E-state index is -0.474. The number of nitrogens with zero attached hydrogens (tertiary/aromatic N) is 6. The van der Waals surface area contributed by atoms with E-state index in [1.165, 1.54) is 0 Å². The highest BCUT2D eigenvalue weighted by Crippen LogP contribution is 2.45. The Balaban J connectivity index is 1.33. The first-order valence-corrected chi connectivity index (χ1v) is 10.1. The van der Waals surface area contributed by atoms with Crippen LogP contribution < -0.4 is 10.6 Å². The van der Waals surface area contributed by atoms with Crippen molar-refractivity contribution < 1.29 is 9.53 Å². The fourth-order valence-electron chi connectivity index (χ4n) is 4.47. The second kappa shape index (κ2) is 6.61. The first-order chi connectivity index (χ1) is 15.1. The molecule has 1 aromatic carbocycles. The second-order valence-electron chi connectivity index (χ2n) is 7.92. The summed E-state index contributed by atoms with van der Waals surface area (Å²) in [6.07, 6.45) is 8.49. The van der Waals surface area contributed by atoms with Crippen LogP contribution in [0.1, 0.15) is 18.4 Å². The van der Waals surface area contributed by atoms with E-state index in [1.54, 1.807) is 27.8 Å². The molecule has 10 heteroatoms. The molecule has 10 nitrogen and oxygen atoms in total. The third-order valence-corrected chi connectivity index (χ3v) is 6.05. The van der Waals surface area contributed by atoms with E-state index in [1.807, 2.05) is 31.4 Å². The molecule has 31 heavy (non-hydrogen) atoms. The first kappa shape index (κ1) is 18.0. The quantitative estimate of drug-likeness (QED) is 0.527. The van der Waals surface area contributed by atoms with Crippen LogP contribution in [0.5, 0.6) is 0 Å². The molecule has 156 valence electrons. The van der Waals surface area contributed by atoms with Gasteiger partial charge in [0.2, 0.25) is 11.9 Å². The number of aromatic nitrogens is 6. The molecule has 4 aromatic rings. The normalized spacial score (nSPS) is 17.1. The number of hydrogen-bond donors (Lipinski definition) is 2. The molecule has 2 aliphatic heterocycles. The van der Waals surface area contributed by atoms with Crippen LogP contribution in [0.25, 0.3) is 16.9 Å². The number of rotatable bonds is 3. The maximum Gasteiger partial charge on any atom is 0.247 e. The van der Waals surface area contributed by atoms with E-state index >= 15 is 0 Å². The molecule has 2 aliphatic rings. The lowest BCUT2D eigenvalue weighted by Crippen LogP contribution is -2.39. The molecule has 0 unspecified atom stereocenters. The van der Waals surface area contributed by atoms with E-state index in [2.05, 4.69) is 30.8 Å². The zero-order valence-corrected chi connectivity index (χ0v) is 16.9. The van der Waals surface area contributed by atoms with Crippen molar-refractivity contribution in [1.82, 2.24) is 29.4 Å². The minimum Gasteiger partial charge on any atom is -0.381 e. The molecule has 1 saturated heterocycles. The maximum absolute atomic E-state index is 12.7. The Morgan fingerprint density at radius 3 is 2.94 bits per heavy atom. The Morgan fingerprint density at radius 1 is 1.26 bits per heavy atom. The smallest absolute Gasteiger partial charge is 0.247 e. The van der Waals surface area contributed by atoms with Crippen molar-refractivity contribution in [1.29, 1.82) is 0 Å². The fourth-order valence-corrected chi connectivity index (χ4v) is 4.47. The van der Waals surface area contributed by atoms with Crippen LogP contribution >= 0.6 is 0 Å². The number of hydrogen-bond acceptors (Lipinski definition) is 7. The van der Waals surface area contributed by atoms with Crippen molar-refractivity contribution in [3.05, 3.63) is 48.5 Å². The van der Waals surface area contributed by atoms with Crippen molar-refractivity contribution in [2.24, 2.45) is 7.05 Å². The number of benzene rings is 1. The molecule has 0 bridgehead atoms. The molecule has 0 atom stereocenters. The van der Waals surface area contributed by atoms with E-state index in [0.717, 1.165) is 22.5 Å². The lowest BCUT2D eigenvalue weighted by Gasteiger charge is -2.31. The zero-order valence-electron chi connectivity index (χ0n) is 16.9. The van der Waals surface area contributed by atoms with Gasteiger partial charge in [-0.15, -0.1) is 5.10 Å².